The number of unbranched alkanes of at least 4 members (excludes halogenated alkanes) is 31. The van der Waals surface area contributed by atoms with E-state index in [1.807, 2.05) is 33.3 Å². The van der Waals surface area contributed by atoms with Gasteiger partial charge < -0.3 is 28.5 Å². The zero-order valence-electron chi connectivity index (χ0n) is 52.3. The van der Waals surface area contributed by atoms with Gasteiger partial charge in [0, 0.05) is 12.8 Å². The van der Waals surface area contributed by atoms with Crippen LogP contribution in [-0.2, 0) is 27.9 Å². The van der Waals surface area contributed by atoms with E-state index in [-0.39, 0.29) is 31.3 Å². The third-order valence-electron chi connectivity index (χ3n) is 14.3. The summed E-state index contributed by atoms with van der Waals surface area (Å²) in [4.78, 5) is 40.0. The molecule has 0 aliphatic heterocycles. The van der Waals surface area contributed by atoms with Crippen molar-refractivity contribution in [2.45, 2.75) is 303 Å². The Balaban J connectivity index is 5.21. The average Bonchev–Trinajstić information content (AvgIpc) is 3.41. The van der Waals surface area contributed by atoms with E-state index < -0.39 is 26.6 Å². The van der Waals surface area contributed by atoms with Gasteiger partial charge >= 0.3 is 5.97 Å². The summed E-state index contributed by atoms with van der Waals surface area (Å²) in [5.74, 6) is -0.587. The Morgan fingerprint density at radius 2 is 0.810 bits per heavy atom. The molecular weight excluding hydrogens is 1000 g/mol. The Hall–Kier alpha value is -2.81. The molecule has 0 aromatic rings. The van der Waals surface area contributed by atoms with Crippen LogP contribution in [0.25, 0.3) is 0 Å². The Labute approximate surface area is 488 Å². The molecule has 0 bridgehead atoms. The largest absolute Gasteiger partial charge is 0.756 e. The fourth-order valence-electron chi connectivity index (χ4n) is 9.29. The Morgan fingerprint density at radius 1 is 0.456 bits per heavy atom. The fourth-order valence-corrected chi connectivity index (χ4v) is 10.0. The molecule has 0 aliphatic carbocycles. The van der Waals surface area contributed by atoms with Crippen molar-refractivity contribution in [1.82, 2.24) is 5.32 Å². The van der Waals surface area contributed by atoms with E-state index in [4.69, 9.17) is 13.8 Å². The highest BCUT2D eigenvalue weighted by molar-refractivity contribution is 7.45. The van der Waals surface area contributed by atoms with E-state index in [0.29, 0.717) is 17.4 Å². The maximum Gasteiger partial charge on any atom is 0.306 e. The van der Waals surface area contributed by atoms with Gasteiger partial charge in [-0.05, 0) is 83.1 Å². The molecule has 0 spiro atoms. The number of hydrogen-bond donors (Lipinski definition) is 1. The second-order valence-corrected chi connectivity index (χ2v) is 24.7. The van der Waals surface area contributed by atoms with Crippen LogP contribution in [0.15, 0.2) is 85.1 Å². The molecule has 0 aliphatic rings. The first-order chi connectivity index (χ1) is 38.4. The van der Waals surface area contributed by atoms with E-state index in [2.05, 4.69) is 99.0 Å². The zero-order valence-corrected chi connectivity index (χ0v) is 53.2. The minimum Gasteiger partial charge on any atom is -0.756 e. The first kappa shape index (κ1) is 76.2. The lowest BCUT2D eigenvalue weighted by Gasteiger charge is -2.30. The molecule has 3 atom stereocenters. The summed E-state index contributed by atoms with van der Waals surface area (Å²) < 4.78 is 30.3. The number of amides is 1. The van der Waals surface area contributed by atoms with Gasteiger partial charge in [0.05, 0.1) is 33.8 Å². The molecule has 0 aromatic heterocycles. The molecule has 0 saturated carbocycles. The molecule has 0 rings (SSSR count). The van der Waals surface area contributed by atoms with Gasteiger partial charge in [0.1, 0.15) is 19.3 Å². The van der Waals surface area contributed by atoms with Crippen molar-refractivity contribution in [2.24, 2.45) is 0 Å². The maximum atomic E-state index is 13.5. The summed E-state index contributed by atoms with van der Waals surface area (Å²) in [6, 6.07) is -0.914. The van der Waals surface area contributed by atoms with E-state index in [9.17, 15) is 19.0 Å². The number of nitrogens with zero attached hydrogens (tertiary/aromatic N) is 1. The molecule has 79 heavy (non-hydrogen) atoms. The molecule has 1 N–H and O–H groups in total. The van der Waals surface area contributed by atoms with Gasteiger partial charge in [0.15, 0.2) is 0 Å². The summed E-state index contributed by atoms with van der Waals surface area (Å²) in [7, 11) is 1.15. The van der Waals surface area contributed by atoms with Crippen molar-refractivity contribution in [1.29, 1.82) is 0 Å². The lowest BCUT2D eigenvalue weighted by molar-refractivity contribution is -0.870. The lowest BCUT2D eigenvalue weighted by Crippen LogP contribution is -2.47. The van der Waals surface area contributed by atoms with Gasteiger partial charge in [-0.1, -0.05) is 280 Å². The highest BCUT2D eigenvalue weighted by Gasteiger charge is 2.27. The summed E-state index contributed by atoms with van der Waals surface area (Å²) in [5.41, 5.74) is 0. The van der Waals surface area contributed by atoms with Crippen LogP contribution in [0.1, 0.15) is 290 Å². The van der Waals surface area contributed by atoms with Crippen molar-refractivity contribution < 1.29 is 37.3 Å². The van der Waals surface area contributed by atoms with Crippen LogP contribution in [0.4, 0.5) is 0 Å². The molecule has 0 heterocycles. The van der Waals surface area contributed by atoms with Gasteiger partial charge in [-0.3, -0.25) is 14.2 Å². The number of esters is 1. The van der Waals surface area contributed by atoms with Gasteiger partial charge in [-0.2, -0.15) is 0 Å². The number of nitrogens with one attached hydrogen (secondary N) is 1. The zero-order chi connectivity index (χ0) is 57.9. The van der Waals surface area contributed by atoms with Crippen molar-refractivity contribution >= 4 is 19.7 Å². The minimum absolute atomic E-state index is 0.0331. The fraction of sp³-hybridized carbons (Fsp3) is 0.768. The first-order valence-corrected chi connectivity index (χ1v) is 34.4. The van der Waals surface area contributed by atoms with Gasteiger partial charge in [0.25, 0.3) is 7.82 Å². The van der Waals surface area contributed by atoms with Crippen LogP contribution in [0.5, 0.6) is 0 Å². The van der Waals surface area contributed by atoms with E-state index in [1.54, 1.807) is 0 Å². The van der Waals surface area contributed by atoms with Gasteiger partial charge in [-0.15, -0.1) is 0 Å². The third-order valence-corrected chi connectivity index (χ3v) is 15.3. The molecule has 9 nitrogen and oxygen atoms in total. The Morgan fingerprint density at radius 3 is 1.23 bits per heavy atom. The van der Waals surface area contributed by atoms with E-state index in [0.717, 1.165) is 89.9 Å². The van der Waals surface area contributed by atoms with Crippen LogP contribution in [-0.4, -0.2) is 69.4 Å². The smallest absolute Gasteiger partial charge is 0.306 e. The predicted octanol–water partition coefficient (Wildman–Crippen LogP) is 19.9. The number of hydrogen-bond acceptors (Lipinski definition) is 7. The number of carbonyl (C=O) groups excluding carboxylic acids is 2. The number of phosphoric ester groups is 1. The maximum absolute atomic E-state index is 13.5. The van der Waals surface area contributed by atoms with Crippen molar-refractivity contribution in [2.75, 3.05) is 40.9 Å². The SMILES string of the molecule is CC/C=C\C/C=C\C/C=C\C/C=C\C/C=C\C/C=C\CCCCC(=O)NC(COP(=O)([O-])OCC[N+](C)(C)C)C(/C=C/CCCCCCCCCCC)OC(=O)CCCCCCCCCCCCCCCCCCCCCCC. The summed E-state index contributed by atoms with van der Waals surface area (Å²) >= 11 is 0. The highest BCUT2D eigenvalue weighted by Crippen LogP contribution is 2.38. The summed E-state index contributed by atoms with van der Waals surface area (Å²) in [5, 5.41) is 3.01. The lowest BCUT2D eigenvalue weighted by atomic mass is 10.0. The van der Waals surface area contributed by atoms with Crippen molar-refractivity contribution in [3.05, 3.63) is 85.1 Å². The van der Waals surface area contributed by atoms with E-state index in [1.165, 1.54) is 161 Å². The van der Waals surface area contributed by atoms with Gasteiger partial charge in [-0.25, -0.2) is 0 Å². The van der Waals surface area contributed by atoms with Crippen molar-refractivity contribution in [3.63, 3.8) is 0 Å². The van der Waals surface area contributed by atoms with Crippen LogP contribution in [0.3, 0.4) is 0 Å². The molecule has 0 saturated heterocycles. The number of allylic oxidation sites excluding steroid dienone is 13. The first-order valence-electron chi connectivity index (χ1n) is 32.9. The number of phosphoric acid groups is 1. The van der Waals surface area contributed by atoms with Crippen LogP contribution < -0.4 is 10.2 Å². The summed E-state index contributed by atoms with van der Waals surface area (Å²) in [6.07, 6.45) is 77.1. The third kappa shape index (κ3) is 59.6. The monoisotopic (exact) mass is 1120 g/mol. The number of rotatable bonds is 59. The second-order valence-electron chi connectivity index (χ2n) is 23.2. The highest BCUT2D eigenvalue weighted by atomic mass is 31.2. The standard InChI is InChI=1S/C69H125N2O7P/c1-7-10-13-16-19-22-25-27-29-31-33-35-37-39-41-43-46-49-52-55-58-61-68(72)70-66(65-77-79(74,75)76-64-63-71(4,5)6)67(60-57-54-51-48-45-24-21-18-15-12-9-3)78-69(73)62-59-56-53-50-47-44-42-40-38-36-34-32-30-28-26-23-20-17-14-11-8-2/h10,13,19,22,27,29,33,35,39,41,46,49,57,60,66-67H,7-9,11-12,14-18,20-21,23-26,28,30-32,34,36-38,40,42-45,47-48,50-56,58-59,61-65H2,1-6H3,(H-,70,72,74,75)/b13-10-,22-19-,29-27-,35-33-,41-39-,49-46-,60-57+. The minimum atomic E-state index is -4.71. The van der Waals surface area contributed by atoms with Crippen LogP contribution in [0, 0.1) is 0 Å². The Kier molecular flexibility index (Phi) is 56.3. The molecule has 3 unspecified atom stereocenters. The molecule has 10 heteroatoms. The van der Waals surface area contributed by atoms with Crippen LogP contribution in [0.2, 0.25) is 0 Å². The van der Waals surface area contributed by atoms with Gasteiger partial charge in [0.2, 0.25) is 5.91 Å². The number of ether oxygens (including phenoxy) is 1. The number of quaternary nitrogens is 1. The Bertz CT molecular complexity index is 1630. The van der Waals surface area contributed by atoms with Crippen molar-refractivity contribution in [3.8, 4) is 0 Å². The number of carbonyl (C=O) groups is 2. The predicted molar refractivity (Wildman–Crippen MR) is 339 cm³/mol. The van der Waals surface area contributed by atoms with E-state index >= 15 is 0 Å². The molecular formula is C69H125N2O7P. The summed E-state index contributed by atoms with van der Waals surface area (Å²) in [6.45, 7) is 6.71. The second kappa shape index (κ2) is 58.4. The molecule has 0 radical (unpaired) electrons. The van der Waals surface area contributed by atoms with Crippen LogP contribution >= 0.6 is 7.82 Å². The molecule has 1 amide bonds. The molecule has 0 fully saturated rings. The number of likely N-dealkylation sites (N-methyl/N-ethyl adjacent to an activating group) is 1. The average molecular weight is 1130 g/mol. The normalized spacial score (nSPS) is 14.2. The molecule has 0 aromatic carbocycles. The quantitative estimate of drug-likeness (QED) is 0.0212. The molecule has 458 valence electrons. The topological polar surface area (TPSA) is 114 Å².